The molecule has 0 amide bonds. The highest BCUT2D eigenvalue weighted by molar-refractivity contribution is 9.09. The molecule has 0 saturated carbocycles. The van der Waals surface area contributed by atoms with Gasteiger partial charge in [-0.05, 0) is 25.3 Å². The summed E-state index contributed by atoms with van der Waals surface area (Å²) in [5.41, 5.74) is 0. The monoisotopic (exact) mass is 390 g/mol. The summed E-state index contributed by atoms with van der Waals surface area (Å²) >= 11 is 7.47. The molecule has 2 aliphatic rings. The minimum absolute atomic E-state index is 0.105. The molecule has 0 aromatic heterocycles. The minimum atomic E-state index is 0.105. The van der Waals surface area contributed by atoms with Crippen molar-refractivity contribution in [1.82, 2.24) is 0 Å². The van der Waals surface area contributed by atoms with Gasteiger partial charge in [-0.1, -0.05) is 50.8 Å². The van der Waals surface area contributed by atoms with Crippen LogP contribution in [0.3, 0.4) is 0 Å². The molecule has 2 aliphatic heterocycles. The molecule has 0 aromatic carbocycles. The van der Waals surface area contributed by atoms with Crippen LogP contribution in [0.2, 0.25) is 0 Å². The third-order valence-corrected chi connectivity index (χ3v) is 6.02. The lowest BCUT2D eigenvalue weighted by molar-refractivity contribution is -0.0523. The summed E-state index contributed by atoms with van der Waals surface area (Å²) in [6.45, 7) is 2.17. The second-order valence-corrected chi connectivity index (χ2v) is 7.49. The molecule has 0 aromatic rings. The standard InChI is InChI=1S/C15H20Br2O2/c1-3-5-6-7-12-15-8-11(17)14(19-15)9-13(18-12)10(16)4-2/h1,5-6,10-15H,4,7-9H2,2H3/b6-5-/t10-,11-,12-,13+,14-,15-/m0/s1. The van der Waals surface area contributed by atoms with Crippen molar-refractivity contribution >= 4 is 31.9 Å². The Labute approximate surface area is 132 Å². The predicted molar refractivity (Wildman–Crippen MR) is 84.9 cm³/mol. The van der Waals surface area contributed by atoms with Gasteiger partial charge in [0.05, 0.1) is 24.4 Å². The smallest absolute Gasteiger partial charge is 0.0876 e. The maximum Gasteiger partial charge on any atom is 0.0876 e. The Kier molecular flexibility index (Phi) is 5.95. The van der Waals surface area contributed by atoms with Crippen molar-refractivity contribution < 1.29 is 9.47 Å². The van der Waals surface area contributed by atoms with Gasteiger partial charge >= 0.3 is 0 Å². The molecule has 4 heteroatoms. The van der Waals surface area contributed by atoms with Gasteiger partial charge in [-0.3, -0.25) is 0 Å². The zero-order valence-corrected chi connectivity index (χ0v) is 14.3. The Bertz CT molecular complexity index is 364. The van der Waals surface area contributed by atoms with E-state index in [4.69, 9.17) is 15.9 Å². The van der Waals surface area contributed by atoms with Gasteiger partial charge in [0, 0.05) is 16.1 Å². The van der Waals surface area contributed by atoms with Gasteiger partial charge in [0.25, 0.3) is 0 Å². The van der Waals surface area contributed by atoms with Crippen LogP contribution in [0, 0.1) is 12.3 Å². The van der Waals surface area contributed by atoms with Gasteiger partial charge in [0.1, 0.15) is 0 Å². The first-order valence-electron chi connectivity index (χ1n) is 6.85. The highest BCUT2D eigenvalue weighted by Gasteiger charge is 2.44. The summed E-state index contributed by atoms with van der Waals surface area (Å²) in [6.07, 6.45) is 13.6. The zero-order valence-electron chi connectivity index (χ0n) is 11.1. The normalized spacial score (nSPS) is 40.0. The molecule has 2 fully saturated rings. The number of rotatable bonds is 4. The minimum Gasteiger partial charge on any atom is -0.371 e. The topological polar surface area (TPSA) is 18.5 Å². The largest absolute Gasteiger partial charge is 0.371 e. The van der Waals surface area contributed by atoms with Crippen LogP contribution in [-0.2, 0) is 9.47 Å². The van der Waals surface area contributed by atoms with Crippen molar-refractivity contribution in [2.24, 2.45) is 0 Å². The van der Waals surface area contributed by atoms with Crippen LogP contribution in [0.15, 0.2) is 12.2 Å². The Morgan fingerprint density at radius 3 is 2.84 bits per heavy atom. The van der Waals surface area contributed by atoms with E-state index < -0.39 is 0 Å². The zero-order chi connectivity index (χ0) is 13.8. The van der Waals surface area contributed by atoms with E-state index in [-0.39, 0.29) is 24.4 Å². The predicted octanol–water partition coefficient (Wildman–Crippen LogP) is 3.82. The number of ether oxygens (including phenoxy) is 2. The highest BCUT2D eigenvalue weighted by Crippen LogP contribution is 2.38. The molecule has 19 heavy (non-hydrogen) atoms. The Hall–Kier alpha value is 0.180. The van der Waals surface area contributed by atoms with Crippen LogP contribution in [0.5, 0.6) is 0 Å². The van der Waals surface area contributed by atoms with Gasteiger partial charge < -0.3 is 9.47 Å². The second-order valence-electron chi connectivity index (χ2n) is 5.14. The second kappa shape index (κ2) is 7.26. The number of fused-ring (bicyclic) bond motifs is 2. The first-order chi connectivity index (χ1) is 9.15. The van der Waals surface area contributed by atoms with Crippen molar-refractivity contribution in [3.05, 3.63) is 12.2 Å². The molecule has 0 spiro atoms. The molecule has 0 radical (unpaired) electrons. The number of allylic oxidation sites excluding steroid dienone is 1. The third kappa shape index (κ3) is 3.85. The van der Waals surface area contributed by atoms with Crippen molar-refractivity contribution in [2.75, 3.05) is 0 Å². The van der Waals surface area contributed by atoms with E-state index in [1.807, 2.05) is 6.08 Å². The molecule has 2 saturated heterocycles. The summed E-state index contributed by atoms with van der Waals surface area (Å²) < 4.78 is 12.4. The molecule has 106 valence electrons. The van der Waals surface area contributed by atoms with E-state index >= 15 is 0 Å². The van der Waals surface area contributed by atoms with E-state index in [0.29, 0.717) is 9.65 Å². The van der Waals surface area contributed by atoms with Crippen molar-refractivity contribution in [1.29, 1.82) is 0 Å². The molecular formula is C15H20Br2O2. The van der Waals surface area contributed by atoms with Crippen LogP contribution in [0.4, 0.5) is 0 Å². The fourth-order valence-corrected chi connectivity index (χ4v) is 3.80. The molecule has 6 atom stereocenters. The first-order valence-corrected chi connectivity index (χ1v) is 8.69. The Morgan fingerprint density at radius 2 is 2.16 bits per heavy atom. The fraction of sp³-hybridized carbons (Fsp3) is 0.733. The number of alkyl halides is 2. The van der Waals surface area contributed by atoms with E-state index in [9.17, 15) is 0 Å². The summed E-state index contributed by atoms with van der Waals surface area (Å²) in [5.74, 6) is 2.52. The first kappa shape index (κ1) is 15.6. The summed E-state index contributed by atoms with van der Waals surface area (Å²) in [5, 5.41) is 0. The maximum absolute atomic E-state index is 6.28. The van der Waals surface area contributed by atoms with Gasteiger partial charge in [0.2, 0.25) is 0 Å². The lowest BCUT2D eigenvalue weighted by Gasteiger charge is -2.29. The van der Waals surface area contributed by atoms with E-state index in [2.05, 4.69) is 44.7 Å². The lowest BCUT2D eigenvalue weighted by Crippen LogP contribution is -2.36. The number of terminal acetylenes is 1. The number of hydrogen-bond acceptors (Lipinski definition) is 2. The van der Waals surface area contributed by atoms with Crippen LogP contribution < -0.4 is 0 Å². The summed E-state index contributed by atoms with van der Waals surface area (Å²) in [7, 11) is 0. The van der Waals surface area contributed by atoms with Gasteiger partial charge in [-0.25, -0.2) is 0 Å². The fourth-order valence-electron chi connectivity index (χ4n) is 2.75. The van der Waals surface area contributed by atoms with Crippen LogP contribution >= 0.6 is 31.9 Å². The van der Waals surface area contributed by atoms with Gasteiger partial charge in [-0.15, -0.1) is 6.42 Å². The third-order valence-electron chi connectivity index (χ3n) is 3.82. The lowest BCUT2D eigenvalue weighted by atomic mass is 9.99. The Morgan fingerprint density at radius 1 is 1.37 bits per heavy atom. The Balaban J connectivity index is 2.07. The quantitative estimate of drug-likeness (QED) is 0.535. The van der Waals surface area contributed by atoms with Crippen molar-refractivity contribution in [3.63, 3.8) is 0 Å². The van der Waals surface area contributed by atoms with E-state index in [0.717, 1.165) is 25.7 Å². The number of halogens is 2. The highest BCUT2D eigenvalue weighted by atomic mass is 79.9. The maximum atomic E-state index is 6.28. The molecule has 2 rings (SSSR count). The van der Waals surface area contributed by atoms with E-state index in [1.165, 1.54) is 0 Å². The molecule has 0 unspecified atom stereocenters. The summed E-state index contributed by atoms with van der Waals surface area (Å²) in [4.78, 5) is 0.828. The molecular weight excluding hydrogens is 372 g/mol. The van der Waals surface area contributed by atoms with Crippen LogP contribution in [0.25, 0.3) is 0 Å². The number of hydrogen-bond donors (Lipinski definition) is 0. The average molecular weight is 392 g/mol. The molecule has 2 bridgehead atoms. The molecule has 2 nitrogen and oxygen atoms in total. The summed E-state index contributed by atoms with van der Waals surface area (Å²) in [6, 6.07) is 0. The van der Waals surface area contributed by atoms with Gasteiger partial charge in [0.15, 0.2) is 0 Å². The van der Waals surface area contributed by atoms with Crippen LogP contribution in [-0.4, -0.2) is 34.1 Å². The van der Waals surface area contributed by atoms with Gasteiger partial charge in [-0.2, -0.15) is 0 Å². The van der Waals surface area contributed by atoms with Crippen molar-refractivity contribution in [2.45, 2.75) is 66.7 Å². The molecule has 0 aliphatic carbocycles. The van der Waals surface area contributed by atoms with Crippen LogP contribution in [0.1, 0.15) is 32.6 Å². The van der Waals surface area contributed by atoms with E-state index in [1.54, 1.807) is 6.08 Å². The molecule has 2 heterocycles. The average Bonchev–Trinajstić information content (AvgIpc) is 2.66. The molecule has 0 N–H and O–H groups in total. The van der Waals surface area contributed by atoms with Crippen molar-refractivity contribution in [3.8, 4) is 12.3 Å². The SMILES string of the molecule is C#C/C=C\C[C@@H]1O[C@@H]([C@@H](Br)CC)C[C@@H]2O[C@H]1C[C@@H]2Br.